The van der Waals surface area contributed by atoms with Crippen LogP contribution in [0.3, 0.4) is 0 Å². The topological polar surface area (TPSA) is 52.6 Å². The molecule has 29 heavy (non-hydrogen) atoms. The smallest absolute Gasteiger partial charge is 0.338 e. The maximum atomic E-state index is 15.0. The minimum absolute atomic E-state index is 0.0825. The molecule has 0 atom stereocenters. The zero-order chi connectivity index (χ0) is 21.1. The Kier molecular flexibility index (Phi) is 5.78. The highest BCUT2D eigenvalue weighted by molar-refractivity contribution is 6.08. The second-order valence-corrected chi connectivity index (χ2v) is 6.92. The van der Waals surface area contributed by atoms with Gasteiger partial charge in [-0.15, -0.1) is 0 Å². The average Bonchev–Trinajstić information content (AvgIpc) is 2.68. The van der Waals surface area contributed by atoms with Crippen LogP contribution in [0.15, 0.2) is 66.8 Å². The number of carbonyl (C=O) groups excluding carboxylic acids is 2. The molecular formula is C24H21FO4. The number of hydrogen-bond donors (Lipinski definition) is 0. The lowest BCUT2D eigenvalue weighted by Crippen LogP contribution is -2.09. The highest BCUT2D eigenvalue weighted by Gasteiger charge is 2.12. The van der Waals surface area contributed by atoms with Crippen molar-refractivity contribution in [1.29, 1.82) is 0 Å². The van der Waals surface area contributed by atoms with E-state index in [1.165, 1.54) is 0 Å². The Bertz CT molecular complexity index is 1160. The van der Waals surface area contributed by atoms with Crippen LogP contribution in [-0.2, 0) is 20.7 Å². The van der Waals surface area contributed by atoms with Crippen molar-refractivity contribution >= 4 is 33.5 Å². The minimum atomic E-state index is -0.492. The van der Waals surface area contributed by atoms with E-state index in [-0.39, 0.29) is 18.8 Å². The summed E-state index contributed by atoms with van der Waals surface area (Å²) in [6, 6.07) is 12.2. The molecule has 0 N–H and O–H groups in total. The summed E-state index contributed by atoms with van der Waals surface area (Å²) in [5.41, 5.74) is 1.09. The Labute approximate surface area is 168 Å². The van der Waals surface area contributed by atoms with Gasteiger partial charge in [-0.3, -0.25) is 0 Å². The monoisotopic (exact) mass is 392 g/mol. The quantitative estimate of drug-likeness (QED) is 0.248. The van der Waals surface area contributed by atoms with E-state index < -0.39 is 11.9 Å². The first-order valence-electron chi connectivity index (χ1n) is 9.12. The van der Waals surface area contributed by atoms with E-state index in [1.807, 2.05) is 6.07 Å². The lowest BCUT2D eigenvalue weighted by Gasteiger charge is -2.11. The summed E-state index contributed by atoms with van der Waals surface area (Å²) >= 11 is 0. The van der Waals surface area contributed by atoms with Gasteiger partial charge in [0.15, 0.2) is 0 Å². The van der Waals surface area contributed by atoms with Crippen LogP contribution in [0.25, 0.3) is 21.5 Å². The second-order valence-electron chi connectivity index (χ2n) is 6.92. The van der Waals surface area contributed by atoms with Gasteiger partial charge in [0, 0.05) is 23.0 Å². The molecule has 0 saturated heterocycles. The van der Waals surface area contributed by atoms with E-state index in [9.17, 15) is 14.0 Å². The molecule has 3 aromatic rings. The fourth-order valence-corrected chi connectivity index (χ4v) is 2.96. The molecule has 0 aromatic heterocycles. The zero-order valence-electron chi connectivity index (χ0n) is 16.4. The maximum absolute atomic E-state index is 15.0. The van der Waals surface area contributed by atoms with Gasteiger partial charge in [-0.25, -0.2) is 14.0 Å². The highest BCUT2D eigenvalue weighted by Crippen LogP contribution is 2.31. The summed E-state index contributed by atoms with van der Waals surface area (Å²) < 4.78 is 25.3. The van der Waals surface area contributed by atoms with E-state index in [0.29, 0.717) is 27.8 Å². The summed E-state index contributed by atoms with van der Waals surface area (Å²) in [6.07, 6.45) is 0.272. The molecule has 0 aliphatic carbocycles. The van der Waals surface area contributed by atoms with Gasteiger partial charge < -0.3 is 9.47 Å². The number of halogens is 1. The van der Waals surface area contributed by atoms with Crippen molar-refractivity contribution in [2.75, 3.05) is 6.61 Å². The number of carbonyl (C=O) groups is 2. The molecule has 0 unspecified atom stereocenters. The van der Waals surface area contributed by atoms with Crippen LogP contribution in [0.5, 0.6) is 5.75 Å². The van der Waals surface area contributed by atoms with Crippen molar-refractivity contribution in [2.45, 2.75) is 20.3 Å². The summed E-state index contributed by atoms with van der Waals surface area (Å²) in [4.78, 5) is 23.2. The molecule has 0 spiro atoms. The lowest BCUT2D eigenvalue weighted by atomic mass is 9.98. The molecule has 3 rings (SSSR count). The average molecular weight is 392 g/mol. The summed E-state index contributed by atoms with van der Waals surface area (Å²) in [7, 11) is 0. The van der Waals surface area contributed by atoms with Gasteiger partial charge in [0.1, 0.15) is 11.6 Å². The van der Waals surface area contributed by atoms with Crippen LogP contribution in [0.4, 0.5) is 4.39 Å². The maximum Gasteiger partial charge on any atom is 0.338 e. The molecule has 0 heterocycles. The van der Waals surface area contributed by atoms with Crippen LogP contribution in [0.1, 0.15) is 19.4 Å². The summed E-state index contributed by atoms with van der Waals surface area (Å²) in [5, 5.41) is 2.90. The Balaban J connectivity index is 1.89. The van der Waals surface area contributed by atoms with Crippen molar-refractivity contribution < 1.29 is 23.5 Å². The third-order valence-electron chi connectivity index (χ3n) is 4.51. The van der Waals surface area contributed by atoms with Crippen molar-refractivity contribution in [3.63, 3.8) is 0 Å². The summed E-state index contributed by atoms with van der Waals surface area (Å²) in [6.45, 7) is 10.3. The third-order valence-corrected chi connectivity index (χ3v) is 4.51. The van der Waals surface area contributed by atoms with Crippen LogP contribution in [0.2, 0.25) is 0 Å². The Morgan fingerprint density at radius 1 is 0.897 bits per heavy atom. The largest absolute Gasteiger partial charge is 0.462 e. The van der Waals surface area contributed by atoms with Crippen LogP contribution in [-0.4, -0.2) is 18.5 Å². The SMILES string of the molecule is C=C(C)C(=O)OCCc1ccc2c(ccc3cc(OC(=O)C(=C)C)ccc32)c1F. The van der Waals surface area contributed by atoms with Gasteiger partial charge in [-0.2, -0.15) is 0 Å². The highest BCUT2D eigenvalue weighted by atomic mass is 19.1. The number of hydrogen-bond acceptors (Lipinski definition) is 4. The molecule has 0 aliphatic heterocycles. The molecule has 0 saturated carbocycles. The van der Waals surface area contributed by atoms with Gasteiger partial charge >= 0.3 is 11.9 Å². The lowest BCUT2D eigenvalue weighted by molar-refractivity contribution is -0.138. The van der Waals surface area contributed by atoms with Gasteiger partial charge in [0.05, 0.1) is 6.61 Å². The minimum Gasteiger partial charge on any atom is -0.462 e. The Hall–Kier alpha value is -3.47. The third kappa shape index (κ3) is 4.35. The fourth-order valence-electron chi connectivity index (χ4n) is 2.96. The van der Waals surface area contributed by atoms with Crippen LogP contribution >= 0.6 is 0 Å². The second kappa shape index (κ2) is 8.27. The summed E-state index contributed by atoms with van der Waals surface area (Å²) in [5.74, 6) is -0.914. The zero-order valence-corrected chi connectivity index (χ0v) is 16.4. The molecule has 0 amide bonds. The van der Waals surface area contributed by atoms with Crippen molar-refractivity contribution in [3.8, 4) is 5.75 Å². The number of ether oxygens (including phenoxy) is 2. The molecule has 0 bridgehead atoms. The number of rotatable bonds is 6. The molecular weight excluding hydrogens is 371 g/mol. The van der Waals surface area contributed by atoms with Gasteiger partial charge in [-0.1, -0.05) is 43.5 Å². The normalized spacial score (nSPS) is 10.7. The Morgan fingerprint density at radius 3 is 2.24 bits per heavy atom. The number of esters is 2. The van der Waals surface area contributed by atoms with E-state index in [4.69, 9.17) is 9.47 Å². The number of benzene rings is 3. The first-order valence-corrected chi connectivity index (χ1v) is 9.12. The van der Waals surface area contributed by atoms with Crippen molar-refractivity contribution in [3.05, 3.63) is 78.1 Å². The van der Waals surface area contributed by atoms with E-state index in [1.54, 1.807) is 50.2 Å². The molecule has 4 nitrogen and oxygen atoms in total. The van der Waals surface area contributed by atoms with Gasteiger partial charge in [0.2, 0.25) is 0 Å². The predicted molar refractivity (Wildman–Crippen MR) is 111 cm³/mol. The van der Waals surface area contributed by atoms with Crippen LogP contribution < -0.4 is 4.74 Å². The molecule has 0 aliphatic rings. The Morgan fingerprint density at radius 2 is 1.55 bits per heavy atom. The van der Waals surface area contributed by atoms with E-state index in [2.05, 4.69) is 13.2 Å². The first-order chi connectivity index (χ1) is 13.8. The van der Waals surface area contributed by atoms with Crippen LogP contribution in [0, 0.1) is 5.82 Å². The van der Waals surface area contributed by atoms with E-state index >= 15 is 0 Å². The van der Waals surface area contributed by atoms with Gasteiger partial charge in [-0.05, 0) is 47.7 Å². The standard InChI is InChI=1S/C24H21FO4/c1-14(2)23(26)28-12-11-16-5-8-20-19-10-7-18(29-24(27)15(3)4)13-17(19)6-9-21(20)22(16)25/h5-10,13H,1,3,11-12H2,2,4H3. The molecule has 5 heteroatoms. The van der Waals surface area contributed by atoms with Crippen molar-refractivity contribution in [2.24, 2.45) is 0 Å². The van der Waals surface area contributed by atoms with Gasteiger partial charge in [0.25, 0.3) is 0 Å². The fraction of sp³-hybridized carbons (Fsp3) is 0.167. The first kappa shape index (κ1) is 20.3. The molecule has 148 valence electrons. The molecule has 3 aromatic carbocycles. The molecule has 0 radical (unpaired) electrons. The predicted octanol–water partition coefficient (Wildman–Crippen LogP) is 5.28. The van der Waals surface area contributed by atoms with Crippen molar-refractivity contribution in [1.82, 2.24) is 0 Å². The van der Waals surface area contributed by atoms with E-state index in [0.717, 1.165) is 16.2 Å². The number of fused-ring (bicyclic) bond motifs is 3. The molecule has 0 fully saturated rings.